The number of fused-ring (bicyclic) bond motifs is 1. The summed E-state index contributed by atoms with van der Waals surface area (Å²) >= 11 is 1.37. The van der Waals surface area contributed by atoms with Crippen LogP contribution in [0, 0.1) is 19.3 Å². The van der Waals surface area contributed by atoms with Gasteiger partial charge in [0.15, 0.2) is 5.82 Å². The molecule has 1 unspecified atom stereocenters. The van der Waals surface area contributed by atoms with E-state index < -0.39 is 0 Å². The number of aryl methyl sites for hydroxylation is 1. The van der Waals surface area contributed by atoms with Crippen molar-refractivity contribution in [2.24, 2.45) is 0 Å². The van der Waals surface area contributed by atoms with Crippen LogP contribution in [0.3, 0.4) is 0 Å². The van der Waals surface area contributed by atoms with E-state index in [4.69, 9.17) is 6.42 Å². The smallest absolute Gasteiger partial charge is 0.298 e. The Morgan fingerprint density at radius 3 is 3.15 bits per heavy atom. The number of rotatable bonds is 4. The van der Waals surface area contributed by atoms with E-state index in [1.54, 1.807) is 9.42 Å². The summed E-state index contributed by atoms with van der Waals surface area (Å²) in [5, 5.41) is 12.0. The Balaban J connectivity index is 1.58. The van der Waals surface area contributed by atoms with Crippen LogP contribution in [0.1, 0.15) is 18.5 Å². The van der Waals surface area contributed by atoms with Crippen molar-refractivity contribution in [2.75, 3.05) is 23.7 Å². The summed E-state index contributed by atoms with van der Waals surface area (Å²) in [4.78, 5) is 18.2. The summed E-state index contributed by atoms with van der Waals surface area (Å²) in [6.07, 6.45) is 8.98. The predicted molar refractivity (Wildman–Crippen MR) is 105 cm³/mol. The highest BCUT2D eigenvalue weighted by Crippen LogP contribution is 2.24. The lowest BCUT2D eigenvalue weighted by Crippen LogP contribution is -2.44. The van der Waals surface area contributed by atoms with Crippen LogP contribution in [-0.4, -0.2) is 48.9 Å². The van der Waals surface area contributed by atoms with Gasteiger partial charge in [0.25, 0.3) is 5.91 Å². The van der Waals surface area contributed by atoms with Gasteiger partial charge < -0.3 is 15.5 Å². The third-order valence-electron chi connectivity index (χ3n) is 4.43. The van der Waals surface area contributed by atoms with Crippen molar-refractivity contribution in [2.45, 2.75) is 25.8 Å². The number of nitrogens with one attached hydrogen (secondary N) is 2. The number of hydrogen-bond acceptors (Lipinski definition) is 7. The summed E-state index contributed by atoms with van der Waals surface area (Å²) < 4.78 is 6.04. The molecule has 0 radical (unpaired) electrons. The first-order valence-electron chi connectivity index (χ1n) is 8.70. The van der Waals surface area contributed by atoms with Gasteiger partial charge in [-0.25, -0.2) is 4.52 Å². The minimum Gasteiger partial charge on any atom is -0.364 e. The van der Waals surface area contributed by atoms with Crippen LogP contribution in [-0.2, 0) is 4.79 Å². The summed E-state index contributed by atoms with van der Waals surface area (Å²) in [5.41, 5.74) is 1.82. The quantitative estimate of drug-likeness (QED) is 0.674. The maximum absolute atomic E-state index is 11.8. The van der Waals surface area contributed by atoms with Gasteiger partial charge in [-0.05, 0) is 55.4 Å². The number of terminal acetylenes is 1. The van der Waals surface area contributed by atoms with Crippen LogP contribution in [0.4, 0.5) is 16.8 Å². The predicted octanol–water partition coefficient (Wildman–Crippen LogP) is 2.27. The number of likely N-dealkylation sites (tertiary alicyclic amines) is 1. The second-order valence-electron chi connectivity index (χ2n) is 6.46. The highest BCUT2D eigenvalue weighted by Gasteiger charge is 2.23. The third kappa shape index (κ3) is 3.71. The van der Waals surface area contributed by atoms with Gasteiger partial charge in [-0.2, -0.15) is 9.36 Å². The fourth-order valence-electron chi connectivity index (χ4n) is 3.19. The molecule has 1 atom stereocenters. The number of nitrogens with zero attached hydrogens (tertiary/aromatic N) is 5. The van der Waals surface area contributed by atoms with E-state index >= 15 is 0 Å². The number of anilines is 3. The Bertz CT molecular complexity index is 1020. The average Bonchev–Trinajstić information content (AvgIpc) is 3.30. The molecule has 3 aromatic heterocycles. The van der Waals surface area contributed by atoms with Gasteiger partial charge in [0.2, 0.25) is 5.95 Å². The average molecular weight is 381 g/mol. The molecule has 4 rings (SSSR count). The van der Waals surface area contributed by atoms with Gasteiger partial charge in [-0.15, -0.1) is 11.5 Å². The number of amides is 1. The van der Waals surface area contributed by atoms with Gasteiger partial charge in [0, 0.05) is 25.3 Å². The van der Waals surface area contributed by atoms with Gasteiger partial charge in [-0.3, -0.25) is 4.79 Å². The summed E-state index contributed by atoms with van der Waals surface area (Å²) in [7, 11) is 0. The molecule has 0 saturated carbocycles. The summed E-state index contributed by atoms with van der Waals surface area (Å²) in [6.45, 7) is 3.21. The first-order valence-corrected chi connectivity index (χ1v) is 9.47. The molecular weight excluding hydrogens is 362 g/mol. The maximum atomic E-state index is 11.8. The molecule has 4 heterocycles. The Morgan fingerprint density at radius 1 is 1.48 bits per heavy atom. The molecule has 2 N–H and O–H groups in total. The Hall–Kier alpha value is -3.12. The molecule has 0 aromatic carbocycles. The molecule has 0 spiro atoms. The minimum absolute atomic E-state index is 0.0862. The molecule has 0 aliphatic carbocycles. The van der Waals surface area contributed by atoms with Crippen LogP contribution in [0.25, 0.3) is 5.52 Å². The normalized spacial score (nSPS) is 16.9. The lowest BCUT2D eigenvalue weighted by Gasteiger charge is -2.32. The van der Waals surface area contributed by atoms with Crippen molar-refractivity contribution in [1.82, 2.24) is 23.9 Å². The van der Waals surface area contributed by atoms with Crippen LogP contribution in [0.2, 0.25) is 0 Å². The number of carbonyl (C=O) groups excluding carboxylic acids is 1. The molecular formula is C18H19N7OS. The van der Waals surface area contributed by atoms with Gasteiger partial charge in [-0.1, -0.05) is 0 Å². The Morgan fingerprint density at radius 2 is 2.37 bits per heavy atom. The zero-order chi connectivity index (χ0) is 18.8. The van der Waals surface area contributed by atoms with E-state index in [-0.39, 0.29) is 11.9 Å². The maximum Gasteiger partial charge on any atom is 0.298 e. The Labute approximate surface area is 160 Å². The molecule has 1 saturated heterocycles. The van der Waals surface area contributed by atoms with Crippen LogP contribution in [0.5, 0.6) is 0 Å². The third-order valence-corrected chi connectivity index (χ3v) is 5.22. The topological polar surface area (TPSA) is 87.5 Å². The largest absolute Gasteiger partial charge is 0.364 e. The number of carbonyl (C=O) groups is 1. The number of aromatic nitrogens is 4. The fourth-order valence-corrected chi connectivity index (χ4v) is 3.85. The van der Waals surface area contributed by atoms with Crippen LogP contribution >= 0.6 is 11.5 Å². The standard InChI is InChI=1S/C18H19N7OS/c1-3-16(26)24-8-4-6-13(11-24)19-17-14-7-5-9-25(14)22-18(21-17)20-15-10-12(2)23-27-15/h1,5,7,9-10,13H,4,6,8,11H2,2H3,(H2,19,20,21,22). The van der Waals surface area contributed by atoms with E-state index in [1.807, 2.05) is 31.3 Å². The second-order valence-corrected chi connectivity index (χ2v) is 7.26. The first-order chi connectivity index (χ1) is 13.1. The molecule has 0 bridgehead atoms. The lowest BCUT2D eigenvalue weighted by molar-refractivity contribution is -0.126. The van der Waals surface area contributed by atoms with E-state index in [9.17, 15) is 4.79 Å². The molecule has 9 heteroatoms. The summed E-state index contributed by atoms with van der Waals surface area (Å²) in [6, 6.07) is 5.91. The molecule has 1 amide bonds. The first kappa shape index (κ1) is 17.3. The second kappa shape index (κ2) is 7.25. The summed E-state index contributed by atoms with van der Waals surface area (Å²) in [5.74, 6) is 3.14. The fraction of sp³-hybridized carbons (Fsp3) is 0.333. The molecule has 1 fully saturated rings. The lowest BCUT2D eigenvalue weighted by atomic mass is 10.1. The zero-order valence-corrected chi connectivity index (χ0v) is 15.7. The SMILES string of the molecule is C#CC(=O)N1CCCC(Nc2nc(Nc3cc(C)ns3)nn3cccc23)C1. The van der Waals surface area contributed by atoms with E-state index in [2.05, 4.69) is 31.0 Å². The van der Waals surface area contributed by atoms with Crippen molar-refractivity contribution in [3.8, 4) is 12.3 Å². The zero-order valence-electron chi connectivity index (χ0n) is 14.8. The molecule has 1 aliphatic rings. The van der Waals surface area contributed by atoms with E-state index in [0.29, 0.717) is 19.0 Å². The van der Waals surface area contributed by atoms with E-state index in [1.165, 1.54) is 11.5 Å². The molecule has 3 aromatic rings. The molecule has 138 valence electrons. The van der Waals surface area contributed by atoms with Crippen LogP contribution < -0.4 is 10.6 Å². The molecule has 1 aliphatic heterocycles. The van der Waals surface area contributed by atoms with Gasteiger partial charge in [0.1, 0.15) is 10.5 Å². The van der Waals surface area contributed by atoms with Gasteiger partial charge in [0.05, 0.1) is 5.69 Å². The highest BCUT2D eigenvalue weighted by atomic mass is 32.1. The number of piperidine rings is 1. The molecule has 8 nitrogen and oxygen atoms in total. The van der Waals surface area contributed by atoms with Crippen molar-refractivity contribution < 1.29 is 4.79 Å². The van der Waals surface area contributed by atoms with Crippen molar-refractivity contribution >= 4 is 39.7 Å². The minimum atomic E-state index is -0.264. The number of hydrogen-bond donors (Lipinski definition) is 2. The van der Waals surface area contributed by atoms with Crippen LogP contribution in [0.15, 0.2) is 24.4 Å². The van der Waals surface area contributed by atoms with Crippen molar-refractivity contribution in [3.63, 3.8) is 0 Å². The molecule has 27 heavy (non-hydrogen) atoms. The monoisotopic (exact) mass is 381 g/mol. The highest BCUT2D eigenvalue weighted by molar-refractivity contribution is 7.10. The van der Waals surface area contributed by atoms with E-state index in [0.717, 1.165) is 34.9 Å². The van der Waals surface area contributed by atoms with Crippen molar-refractivity contribution in [1.29, 1.82) is 0 Å². The Kier molecular flexibility index (Phi) is 4.64. The van der Waals surface area contributed by atoms with Gasteiger partial charge >= 0.3 is 0 Å². The van der Waals surface area contributed by atoms with Crippen molar-refractivity contribution in [3.05, 3.63) is 30.1 Å².